The lowest BCUT2D eigenvalue weighted by molar-refractivity contribution is 0.431. The Morgan fingerprint density at radius 2 is 1.73 bits per heavy atom. The SMILES string of the molecule is Cl.O=S(=O)(c1cccc(F)c1)N1Cc2cccc(N3CCNCC3)c2C1. The van der Waals surface area contributed by atoms with Gasteiger partial charge in [-0.25, -0.2) is 12.8 Å². The average molecular weight is 398 g/mol. The van der Waals surface area contributed by atoms with Crippen LogP contribution in [0, 0.1) is 5.82 Å². The molecule has 0 aromatic heterocycles. The predicted molar refractivity (Wildman–Crippen MR) is 102 cm³/mol. The largest absolute Gasteiger partial charge is 0.369 e. The van der Waals surface area contributed by atoms with Crippen LogP contribution in [0.15, 0.2) is 47.4 Å². The quantitative estimate of drug-likeness (QED) is 0.863. The van der Waals surface area contributed by atoms with Crippen molar-refractivity contribution in [2.45, 2.75) is 18.0 Å². The van der Waals surface area contributed by atoms with Crippen LogP contribution in [0.1, 0.15) is 11.1 Å². The van der Waals surface area contributed by atoms with Crippen molar-refractivity contribution in [3.8, 4) is 0 Å². The molecule has 0 bridgehead atoms. The third-order valence-electron chi connectivity index (χ3n) is 4.82. The smallest absolute Gasteiger partial charge is 0.243 e. The summed E-state index contributed by atoms with van der Waals surface area (Å²) < 4.78 is 40.6. The number of anilines is 1. The Labute approximate surface area is 159 Å². The number of hydrogen-bond acceptors (Lipinski definition) is 4. The van der Waals surface area contributed by atoms with Gasteiger partial charge in [0.05, 0.1) is 4.90 Å². The van der Waals surface area contributed by atoms with Gasteiger partial charge in [-0.15, -0.1) is 12.4 Å². The average Bonchev–Trinajstić information content (AvgIpc) is 3.07. The van der Waals surface area contributed by atoms with E-state index in [1.54, 1.807) is 0 Å². The van der Waals surface area contributed by atoms with E-state index in [4.69, 9.17) is 0 Å². The maximum Gasteiger partial charge on any atom is 0.243 e. The molecule has 4 rings (SSSR count). The van der Waals surface area contributed by atoms with Crippen molar-refractivity contribution < 1.29 is 12.8 Å². The van der Waals surface area contributed by atoms with Gasteiger partial charge in [-0.05, 0) is 35.4 Å². The molecular weight excluding hydrogens is 377 g/mol. The molecule has 0 saturated carbocycles. The molecule has 8 heteroatoms. The number of fused-ring (bicyclic) bond motifs is 1. The molecule has 1 N–H and O–H groups in total. The van der Waals surface area contributed by atoms with Crippen molar-refractivity contribution in [1.82, 2.24) is 9.62 Å². The molecule has 2 aromatic rings. The Morgan fingerprint density at radius 3 is 2.46 bits per heavy atom. The van der Waals surface area contributed by atoms with Crippen molar-refractivity contribution in [1.29, 1.82) is 0 Å². The summed E-state index contributed by atoms with van der Waals surface area (Å²) in [4.78, 5) is 2.30. The summed E-state index contributed by atoms with van der Waals surface area (Å²) in [6.07, 6.45) is 0. The molecular formula is C18H21ClFN3O2S. The molecule has 2 heterocycles. The second-order valence-electron chi connectivity index (χ2n) is 6.38. The molecule has 2 aliphatic rings. The third-order valence-corrected chi connectivity index (χ3v) is 6.61. The van der Waals surface area contributed by atoms with E-state index in [1.807, 2.05) is 12.1 Å². The minimum absolute atomic E-state index is 0. The predicted octanol–water partition coefficient (Wildman–Crippen LogP) is 2.36. The van der Waals surface area contributed by atoms with Crippen LogP contribution in [0.3, 0.4) is 0 Å². The zero-order chi connectivity index (χ0) is 17.4. The molecule has 0 amide bonds. The van der Waals surface area contributed by atoms with Crippen LogP contribution in [0.25, 0.3) is 0 Å². The van der Waals surface area contributed by atoms with Crippen molar-refractivity contribution in [3.63, 3.8) is 0 Å². The van der Waals surface area contributed by atoms with Crippen molar-refractivity contribution >= 4 is 28.1 Å². The van der Waals surface area contributed by atoms with Gasteiger partial charge in [0.2, 0.25) is 10.0 Å². The van der Waals surface area contributed by atoms with Crippen molar-refractivity contribution in [3.05, 3.63) is 59.4 Å². The van der Waals surface area contributed by atoms with Crippen LogP contribution in [0.5, 0.6) is 0 Å². The number of benzene rings is 2. The standard InChI is InChI=1S/C18H20FN3O2S.ClH/c19-15-4-2-5-16(11-15)25(23,24)22-12-14-3-1-6-18(17(14)13-22)21-9-7-20-8-10-21;/h1-6,11,20H,7-10,12-13H2;1H. The highest BCUT2D eigenvalue weighted by Crippen LogP contribution is 2.35. The summed E-state index contributed by atoms with van der Waals surface area (Å²) in [5.41, 5.74) is 3.19. The van der Waals surface area contributed by atoms with Crippen LogP contribution in [0.4, 0.5) is 10.1 Å². The molecule has 140 valence electrons. The van der Waals surface area contributed by atoms with Gasteiger partial charge < -0.3 is 10.2 Å². The van der Waals surface area contributed by atoms with E-state index in [-0.39, 0.29) is 17.3 Å². The minimum Gasteiger partial charge on any atom is -0.369 e. The van der Waals surface area contributed by atoms with Gasteiger partial charge in [0.25, 0.3) is 0 Å². The zero-order valence-electron chi connectivity index (χ0n) is 14.2. The van der Waals surface area contributed by atoms with Crippen molar-refractivity contribution in [2.75, 3.05) is 31.1 Å². The first-order valence-electron chi connectivity index (χ1n) is 8.38. The number of rotatable bonds is 3. The van der Waals surface area contributed by atoms with Crippen molar-refractivity contribution in [2.24, 2.45) is 0 Å². The Hall–Kier alpha value is -1.67. The van der Waals surface area contributed by atoms with Gasteiger partial charge in [-0.1, -0.05) is 18.2 Å². The molecule has 0 radical (unpaired) electrons. The Balaban J connectivity index is 0.00000196. The molecule has 1 fully saturated rings. The molecule has 2 aliphatic heterocycles. The van der Waals surface area contributed by atoms with Gasteiger partial charge in [-0.2, -0.15) is 4.31 Å². The highest BCUT2D eigenvalue weighted by molar-refractivity contribution is 7.89. The number of sulfonamides is 1. The molecule has 26 heavy (non-hydrogen) atoms. The summed E-state index contributed by atoms with van der Waals surface area (Å²) in [5.74, 6) is -0.542. The maximum absolute atomic E-state index is 13.5. The van der Waals surface area contributed by atoms with E-state index < -0.39 is 15.8 Å². The van der Waals surface area contributed by atoms with E-state index >= 15 is 0 Å². The second kappa shape index (κ2) is 7.52. The van der Waals surface area contributed by atoms with E-state index in [0.717, 1.165) is 49.1 Å². The van der Waals surface area contributed by atoms with Gasteiger partial charge in [0.1, 0.15) is 5.82 Å². The number of hydrogen-bond donors (Lipinski definition) is 1. The van der Waals surface area contributed by atoms with E-state index in [9.17, 15) is 12.8 Å². The van der Waals surface area contributed by atoms with E-state index in [2.05, 4.69) is 16.3 Å². The number of nitrogens with one attached hydrogen (secondary N) is 1. The lowest BCUT2D eigenvalue weighted by Crippen LogP contribution is -2.43. The Bertz CT molecular complexity index is 901. The maximum atomic E-state index is 13.5. The summed E-state index contributed by atoms with van der Waals surface area (Å²) in [6.45, 7) is 4.33. The van der Waals surface area contributed by atoms with Crippen LogP contribution in [0.2, 0.25) is 0 Å². The van der Waals surface area contributed by atoms with Gasteiger partial charge >= 0.3 is 0 Å². The first-order chi connectivity index (χ1) is 12.1. The molecule has 0 atom stereocenters. The van der Waals surface area contributed by atoms with E-state index in [0.29, 0.717) is 13.1 Å². The number of piperazine rings is 1. The Kier molecular flexibility index (Phi) is 5.53. The topological polar surface area (TPSA) is 52.7 Å². The summed E-state index contributed by atoms with van der Waals surface area (Å²) in [5, 5.41) is 3.33. The van der Waals surface area contributed by atoms with Crippen LogP contribution in [-0.2, 0) is 23.1 Å². The zero-order valence-corrected chi connectivity index (χ0v) is 15.8. The summed E-state index contributed by atoms with van der Waals surface area (Å²) >= 11 is 0. The lowest BCUT2D eigenvalue weighted by Gasteiger charge is -2.31. The first-order valence-corrected chi connectivity index (χ1v) is 9.82. The lowest BCUT2D eigenvalue weighted by atomic mass is 10.1. The van der Waals surface area contributed by atoms with Crippen LogP contribution >= 0.6 is 12.4 Å². The highest BCUT2D eigenvalue weighted by Gasteiger charge is 2.33. The molecule has 2 aromatic carbocycles. The minimum atomic E-state index is -3.71. The molecule has 5 nitrogen and oxygen atoms in total. The fourth-order valence-corrected chi connectivity index (χ4v) is 4.94. The van der Waals surface area contributed by atoms with Gasteiger partial charge in [0, 0.05) is 45.0 Å². The van der Waals surface area contributed by atoms with Gasteiger partial charge in [0.15, 0.2) is 0 Å². The molecule has 1 saturated heterocycles. The Morgan fingerprint density at radius 1 is 1.00 bits per heavy atom. The molecule has 0 spiro atoms. The molecule has 0 aliphatic carbocycles. The fraction of sp³-hybridized carbons (Fsp3) is 0.333. The first kappa shape index (κ1) is 19.1. The molecule has 0 unspecified atom stereocenters. The van der Waals surface area contributed by atoms with E-state index in [1.165, 1.54) is 22.5 Å². The fourth-order valence-electron chi connectivity index (χ4n) is 3.52. The normalized spacial score (nSPS) is 17.7. The second-order valence-corrected chi connectivity index (χ2v) is 8.32. The third kappa shape index (κ3) is 3.44. The summed E-state index contributed by atoms with van der Waals surface area (Å²) in [6, 6.07) is 11.2. The van der Waals surface area contributed by atoms with Crippen LogP contribution < -0.4 is 10.2 Å². The summed E-state index contributed by atoms with van der Waals surface area (Å²) in [7, 11) is -3.71. The van der Waals surface area contributed by atoms with Gasteiger partial charge in [-0.3, -0.25) is 0 Å². The van der Waals surface area contributed by atoms with Crippen LogP contribution in [-0.4, -0.2) is 38.9 Å². The number of nitrogens with zero attached hydrogens (tertiary/aromatic N) is 2. The monoisotopic (exact) mass is 397 g/mol. The highest BCUT2D eigenvalue weighted by atomic mass is 35.5. The number of halogens is 2.